The number of β-amino-alcohol motifs (C(OH)–C–C–N with tert-alkyl or cyclic N) is 1. The van der Waals surface area contributed by atoms with Crippen LogP contribution in [0.15, 0.2) is 0 Å². The Morgan fingerprint density at radius 3 is 2.52 bits per heavy atom. The average Bonchev–Trinajstić information content (AvgIpc) is 2.43. The molecule has 1 heterocycles. The van der Waals surface area contributed by atoms with Crippen molar-refractivity contribution in [1.82, 2.24) is 5.32 Å². The van der Waals surface area contributed by atoms with Gasteiger partial charge in [-0.3, -0.25) is 0 Å². The van der Waals surface area contributed by atoms with Crippen LogP contribution in [0.3, 0.4) is 0 Å². The lowest BCUT2D eigenvalue weighted by Gasteiger charge is -2.37. The van der Waals surface area contributed by atoms with Gasteiger partial charge >= 0.3 is 0 Å². The summed E-state index contributed by atoms with van der Waals surface area (Å²) in [5.74, 6) is 0. The van der Waals surface area contributed by atoms with Crippen molar-refractivity contribution in [3.8, 4) is 0 Å². The summed E-state index contributed by atoms with van der Waals surface area (Å²) < 4.78 is 5.40. The number of aliphatic hydroxyl groups excluding tert-OH is 4. The number of nitrogens with one attached hydrogen (secondary N) is 1. The van der Waals surface area contributed by atoms with Crippen molar-refractivity contribution >= 4 is 12.4 Å². The largest absolute Gasteiger partial charge is 0.391 e. The van der Waals surface area contributed by atoms with Crippen LogP contribution in [0.1, 0.15) is 39.0 Å². The minimum Gasteiger partial charge on any atom is -0.391 e. The molecule has 21 heavy (non-hydrogen) atoms. The van der Waals surface area contributed by atoms with E-state index < -0.39 is 30.5 Å². The lowest BCUT2D eigenvalue weighted by molar-refractivity contribution is -0.102. The topological polar surface area (TPSA) is 102 Å². The van der Waals surface area contributed by atoms with Gasteiger partial charge in [0.25, 0.3) is 0 Å². The summed E-state index contributed by atoms with van der Waals surface area (Å²) in [6.07, 6.45) is 0.923. The minimum atomic E-state index is -1.16. The zero-order chi connectivity index (χ0) is 15.0. The van der Waals surface area contributed by atoms with E-state index in [1.54, 1.807) is 0 Å². The summed E-state index contributed by atoms with van der Waals surface area (Å²) in [6, 6.07) is -0.424. The Hall–Kier alpha value is 0.0500. The van der Waals surface area contributed by atoms with Crippen molar-refractivity contribution < 1.29 is 25.2 Å². The van der Waals surface area contributed by atoms with Crippen molar-refractivity contribution in [3.63, 3.8) is 0 Å². The molecule has 5 N–H and O–H groups in total. The number of ether oxygens (including phenoxy) is 1. The maximum absolute atomic E-state index is 9.85. The van der Waals surface area contributed by atoms with Crippen molar-refractivity contribution in [3.05, 3.63) is 0 Å². The quantitative estimate of drug-likeness (QED) is 0.376. The smallest absolute Gasteiger partial charge is 0.108 e. The van der Waals surface area contributed by atoms with Gasteiger partial charge in [0.15, 0.2) is 0 Å². The average molecular weight is 328 g/mol. The van der Waals surface area contributed by atoms with E-state index in [-0.39, 0.29) is 25.6 Å². The van der Waals surface area contributed by atoms with Gasteiger partial charge in [-0.25, -0.2) is 0 Å². The van der Waals surface area contributed by atoms with Crippen LogP contribution in [0.4, 0.5) is 0 Å². The molecule has 0 bridgehead atoms. The lowest BCUT2D eigenvalue weighted by Crippen LogP contribution is -2.60. The number of halogens is 1. The van der Waals surface area contributed by atoms with E-state index in [2.05, 4.69) is 12.2 Å². The Balaban J connectivity index is 0.00000400. The molecule has 0 aromatic heterocycles. The highest BCUT2D eigenvalue weighted by Gasteiger charge is 2.36. The third-order valence-electron chi connectivity index (χ3n) is 3.72. The Kier molecular flexibility index (Phi) is 11.6. The molecule has 0 unspecified atom stereocenters. The standard InChI is InChI=1S/C14H29NO5.ClH/c1-2-3-4-5-6-20-9-10(16)7-11-13(18)14(19)12(17)8-15-11;/h10-19H,2-9H2,1H3;1H/t10-,11-,12-,13+,14+;/m1./s1. The highest BCUT2D eigenvalue weighted by molar-refractivity contribution is 5.85. The summed E-state index contributed by atoms with van der Waals surface area (Å²) in [4.78, 5) is 0. The van der Waals surface area contributed by atoms with Gasteiger partial charge < -0.3 is 30.5 Å². The van der Waals surface area contributed by atoms with Crippen LogP contribution >= 0.6 is 12.4 Å². The van der Waals surface area contributed by atoms with Crippen molar-refractivity contribution in [2.24, 2.45) is 0 Å². The monoisotopic (exact) mass is 327 g/mol. The first kappa shape index (κ1) is 21.0. The molecular formula is C14H30ClNO5. The molecule has 1 fully saturated rings. The predicted octanol–water partition coefficient (Wildman–Crippen LogP) is -0.189. The second-order valence-corrected chi connectivity index (χ2v) is 5.59. The molecule has 7 heteroatoms. The van der Waals surface area contributed by atoms with E-state index in [0.717, 1.165) is 12.8 Å². The van der Waals surface area contributed by atoms with Crippen molar-refractivity contribution in [1.29, 1.82) is 0 Å². The Bertz CT molecular complexity index is 260. The summed E-state index contributed by atoms with van der Waals surface area (Å²) in [5, 5.41) is 41.5. The Morgan fingerprint density at radius 1 is 1.14 bits per heavy atom. The molecule has 0 spiro atoms. The SMILES string of the molecule is CCCCCCOC[C@H](O)C[C@H]1NC[C@@H](O)[C@H](O)[C@H]1O.Cl. The summed E-state index contributed by atoms with van der Waals surface area (Å²) in [7, 11) is 0. The number of hydrogen-bond donors (Lipinski definition) is 5. The second kappa shape index (κ2) is 11.6. The highest BCUT2D eigenvalue weighted by atomic mass is 35.5. The number of rotatable bonds is 9. The molecule has 1 saturated heterocycles. The summed E-state index contributed by atoms with van der Waals surface area (Å²) >= 11 is 0. The fraction of sp³-hybridized carbons (Fsp3) is 1.00. The van der Waals surface area contributed by atoms with E-state index in [4.69, 9.17) is 4.74 Å². The minimum absolute atomic E-state index is 0. The van der Waals surface area contributed by atoms with Crippen LogP contribution in [0.2, 0.25) is 0 Å². The summed E-state index contributed by atoms with van der Waals surface area (Å²) in [6.45, 7) is 3.24. The number of hydrogen-bond acceptors (Lipinski definition) is 6. The molecule has 128 valence electrons. The van der Waals surface area contributed by atoms with Gasteiger partial charge in [-0.15, -0.1) is 12.4 Å². The fourth-order valence-corrected chi connectivity index (χ4v) is 2.41. The van der Waals surface area contributed by atoms with Gasteiger partial charge in [0.1, 0.15) is 6.10 Å². The van der Waals surface area contributed by atoms with Crippen LogP contribution in [0.5, 0.6) is 0 Å². The first-order valence-electron chi connectivity index (χ1n) is 7.59. The van der Waals surface area contributed by atoms with Gasteiger partial charge in [0.05, 0.1) is 24.9 Å². The third kappa shape index (κ3) is 7.74. The second-order valence-electron chi connectivity index (χ2n) is 5.59. The number of piperidine rings is 1. The Morgan fingerprint density at radius 2 is 1.86 bits per heavy atom. The van der Waals surface area contributed by atoms with Gasteiger partial charge in [0, 0.05) is 19.2 Å². The van der Waals surface area contributed by atoms with E-state index in [1.165, 1.54) is 12.8 Å². The van der Waals surface area contributed by atoms with Gasteiger partial charge in [-0.05, 0) is 12.8 Å². The maximum Gasteiger partial charge on any atom is 0.108 e. The van der Waals surface area contributed by atoms with Gasteiger partial charge in [-0.1, -0.05) is 26.2 Å². The molecular weight excluding hydrogens is 298 g/mol. The molecule has 0 radical (unpaired) electrons. The summed E-state index contributed by atoms with van der Waals surface area (Å²) in [5.41, 5.74) is 0. The van der Waals surface area contributed by atoms with Crippen molar-refractivity contribution in [2.45, 2.75) is 69.5 Å². The molecule has 6 nitrogen and oxygen atoms in total. The predicted molar refractivity (Wildman–Crippen MR) is 82.6 cm³/mol. The molecule has 0 aromatic rings. The first-order chi connectivity index (χ1) is 9.56. The molecule has 0 aliphatic carbocycles. The molecule has 0 saturated carbocycles. The molecule has 1 aliphatic rings. The third-order valence-corrected chi connectivity index (χ3v) is 3.72. The van der Waals surface area contributed by atoms with Gasteiger partial charge in [0.2, 0.25) is 0 Å². The zero-order valence-corrected chi connectivity index (χ0v) is 13.5. The molecule has 0 amide bonds. The van der Waals surface area contributed by atoms with Crippen LogP contribution in [0.25, 0.3) is 0 Å². The van der Waals surface area contributed by atoms with Crippen LogP contribution < -0.4 is 5.32 Å². The van der Waals surface area contributed by atoms with Crippen molar-refractivity contribution in [2.75, 3.05) is 19.8 Å². The molecule has 1 rings (SSSR count). The van der Waals surface area contributed by atoms with E-state index >= 15 is 0 Å². The van der Waals surface area contributed by atoms with E-state index in [9.17, 15) is 20.4 Å². The molecule has 0 aromatic carbocycles. The maximum atomic E-state index is 9.85. The number of unbranched alkanes of at least 4 members (excludes halogenated alkanes) is 3. The Labute approximate surface area is 132 Å². The van der Waals surface area contributed by atoms with Crippen LogP contribution in [-0.4, -0.2) is 70.6 Å². The fourth-order valence-electron chi connectivity index (χ4n) is 2.41. The van der Waals surface area contributed by atoms with E-state index in [0.29, 0.717) is 13.0 Å². The lowest BCUT2D eigenvalue weighted by atomic mass is 9.92. The number of aliphatic hydroxyl groups is 4. The zero-order valence-electron chi connectivity index (χ0n) is 12.6. The van der Waals surface area contributed by atoms with Gasteiger partial charge in [-0.2, -0.15) is 0 Å². The first-order valence-corrected chi connectivity index (χ1v) is 7.59. The highest BCUT2D eigenvalue weighted by Crippen LogP contribution is 2.15. The van der Waals surface area contributed by atoms with E-state index in [1.807, 2.05) is 0 Å². The molecule has 5 atom stereocenters. The van der Waals surface area contributed by atoms with Crippen LogP contribution in [-0.2, 0) is 4.74 Å². The molecule has 1 aliphatic heterocycles. The van der Waals surface area contributed by atoms with Crippen LogP contribution in [0, 0.1) is 0 Å². The normalized spacial score (nSPS) is 30.7.